The lowest BCUT2D eigenvalue weighted by molar-refractivity contribution is 0.173. The van der Waals surface area contributed by atoms with Gasteiger partial charge in [0.05, 0.1) is 4.88 Å². The van der Waals surface area contributed by atoms with Crippen molar-refractivity contribution in [1.82, 2.24) is 5.16 Å². The predicted octanol–water partition coefficient (Wildman–Crippen LogP) is 3.71. The lowest BCUT2D eigenvalue weighted by Crippen LogP contribution is -1.95. The Bertz CT molecular complexity index is 751. The van der Waals surface area contributed by atoms with Crippen molar-refractivity contribution in [2.24, 2.45) is 0 Å². The molecule has 6 heteroatoms. The minimum Gasteiger partial charge on any atom is -0.487 e. The summed E-state index contributed by atoms with van der Waals surface area (Å²) in [6.07, 6.45) is 0. The third-order valence-electron chi connectivity index (χ3n) is 3.05. The summed E-state index contributed by atoms with van der Waals surface area (Å²) < 4.78 is 21.6. The van der Waals surface area contributed by atoms with Crippen LogP contribution < -0.4 is 14.2 Å². The molecule has 1 aliphatic rings. The largest absolute Gasteiger partial charge is 0.487 e. The summed E-state index contributed by atoms with van der Waals surface area (Å²) in [5.74, 6) is 2.91. The molecular weight excluding hydrogens is 290 g/mol. The molecule has 0 spiro atoms. The first kappa shape index (κ1) is 12.3. The van der Waals surface area contributed by atoms with Crippen molar-refractivity contribution in [2.45, 2.75) is 6.61 Å². The molecule has 0 amide bonds. The summed E-state index contributed by atoms with van der Waals surface area (Å²) in [6.45, 7) is 0.598. The van der Waals surface area contributed by atoms with Gasteiger partial charge in [-0.3, -0.25) is 0 Å². The molecule has 1 aromatic carbocycles. The molecule has 0 unspecified atom stereocenters. The fraction of sp³-hybridized carbons (Fsp3) is 0.133. The normalized spacial score (nSPS) is 12.6. The number of hydrogen-bond acceptors (Lipinski definition) is 6. The van der Waals surface area contributed by atoms with Gasteiger partial charge in [-0.25, -0.2) is 0 Å². The number of ether oxygens (including phenoxy) is 3. The third kappa shape index (κ3) is 2.45. The van der Waals surface area contributed by atoms with Crippen LogP contribution in [0.15, 0.2) is 46.3 Å². The fourth-order valence-corrected chi connectivity index (χ4v) is 2.71. The molecule has 0 saturated carbocycles. The standard InChI is InChI=1S/C15H11NO4S/c1-2-15(21-5-1)14-6-10(16-20-14)8-17-11-3-4-12-13(7-11)19-9-18-12/h1-7H,8-9H2. The van der Waals surface area contributed by atoms with E-state index in [0.717, 1.165) is 22.1 Å². The maximum Gasteiger partial charge on any atom is 0.231 e. The van der Waals surface area contributed by atoms with Gasteiger partial charge < -0.3 is 18.7 Å². The highest BCUT2D eigenvalue weighted by Gasteiger charge is 2.14. The maximum atomic E-state index is 5.69. The van der Waals surface area contributed by atoms with Gasteiger partial charge in [0.1, 0.15) is 18.1 Å². The van der Waals surface area contributed by atoms with E-state index in [1.165, 1.54) is 0 Å². The van der Waals surface area contributed by atoms with E-state index in [0.29, 0.717) is 18.1 Å². The molecule has 0 fully saturated rings. The second-order valence-corrected chi connectivity index (χ2v) is 5.41. The predicted molar refractivity (Wildman–Crippen MR) is 76.7 cm³/mol. The molecule has 3 aromatic rings. The van der Waals surface area contributed by atoms with Crippen molar-refractivity contribution >= 4 is 11.3 Å². The molecule has 0 bridgehead atoms. The molecule has 0 saturated heterocycles. The molecule has 21 heavy (non-hydrogen) atoms. The summed E-state index contributed by atoms with van der Waals surface area (Å²) in [5, 5.41) is 6.01. The van der Waals surface area contributed by atoms with Crippen molar-refractivity contribution in [1.29, 1.82) is 0 Å². The molecular formula is C15H11NO4S. The molecule has 0 aliphatic carbocycles. The summed E-state index contributed by atoms with van der Waals surface area (Å²) in [7, 11) is 0. The van der Waals surface area contributed by atoms with Crippen LogP contribution in [0.3, 0.4) is 0 Å². The van der Waals surface area contributed by atoms with Crippen LogP contribution in [-0.4, -0.2) is 11.9 Å². The second kappa shape index (κ2) is 5.14. The van der Waals surface area contributed by atoms with E-state index >= 15 is 0 Å². The number of rotatable bonds is 4. The fourth-order valence-electron chi connectivity index (χ4n) is 2.04. The van der Waals surface area contributed by atoms with E-state index in [4.69, 9.17) is 18.7 Å². The van der Waals surface area contributed by atoms with Crippen LogP contribution in [0, 0.1) is 0 Å². The highest BCUT2D eigenvalue weighted by molar-refractivity contribution is 7.13. The quantitative estimate of drug-likeness (QED) is 0.735. The van der Waals surface area contributed by atoms with Crippen molar-refractivity contribution in [3.8, 4) is 27.9 Å². The van der Waals surface area contributed by atoms with Crippen molar-refractivity contribution in [3.63, 3.8) is 0 Å². The maximum absolute atomic E-state index is 5.69. The van der Waals surface area contributed by atoms with E-state index in [-0.39, 0.29) is 6.79 Å². The minimum absolute atomic E-state index is 0.256. The smallest absolute Gasteiger partial charge is 0.231 e. The first-order chi connectivity index (χ1) is 10.4. The zero-order valence-electron chi connectivity index (χ0n) is 10.9. The number of benzene rings is 1. The molecule has 1 aliphatic heterocycles. The zero-order valence-corrected chi connectivity index (χ0v) is 11.8. The van der Waals surface area contributed by atoms with Gasteiger partial charge in [0, 0.05) is 12.1 Å². The Hall–Kier alpha value is -2.47. The zero-order chi connectivity index (χ0) is 14.1. The van der Waals surface area contributed by atoms with E-state index in [1.807, 2.05) is 41.8 Å². The summed E-state index contributed by atoms with van der Waals surface area (Å²) in [4.78, 5) is 1.05. The molecule has 4 rings (SSSR count). The SMILES string of the molecule is c1csc(-c2cc(COc3ccc4c(c3)OCO4)no2)c1. The van der Waals surface area contributed by atoms with Gasteiger partial charge in [-0.15, -0.1) is 11.3 Å². The summed E-state index contributed by atoms with van der Waals surface area (Å²) >= 11 is 1.61. The molecule has 2 aromatic heterocycles. The van der Waals surface area contributed by atoms with Gasteiger partial charge in [0.25, 0.3) is 0 Å². The van der Waals surface area contributed by atoms with Gasteiger partial charge in [-0.05, 0) is 23.6 Å². The first-order valence-corrected chi connectivity index (χ1v) is 7.28. The van der Waals surface area contributed by atoms with Crippen LogP contribution in [0.1, 0.15) is 5.69 Å². The van der Waals surface area contributed by atoms with Gasteiger partial charge in [-0.2, -0.15) is 0 Å². The summed E-state index contributed by atoms with van der Waals surface area (Å²) in [6, 6.07) is 11.3. The topological polar surface area (TPSA) is 53.7 Å². The number of thiophene rings is 1. The highest BCUT2D eigenvalue weighted by Crippen LogP contribution is 2.35. The monoisotopic (exact) mass is 301 g/mol. The third-order valence-corrected chi connectivity index (χ3v) is 3.94. The Labute approximate surface area is 124 Å². The Kier molecular flexibility index (Phi) is 3.01. The molecule has 3 heterocycles. The average molecular weight is 301 g/mol. The van der Waals surface area contributed by atoms with Crippen LogP contribution in [0.5, 0.6) is 17.2 Å². The van der Waals surface area contributed by atoms with Crippen molar-refractivity contribution in [2.75, 3.05) is 6.79 Å². The van der Waals surface area contributed by atoms with Crippen LogP contribution in [0.25, 0.3) is 10.6 Å². The van der Waals surface area contributed by atoms with E-state index < -0.39 is 0 Å². The molecule has 0 N–H and O–H groups in total. The molecule has 0 atom stereocenters. The Morgan fingerprint density at radius 3 is 3.00 bits per heavy atom. The number of fused-ring (bicyclic) bond motifs is 1. The van der Waals surface area contributed by atoms with Crippen LogP contribution >= 0.6 is 11.3 Å². The number of aromatic nitrogens is 1. The van der Waals surface area contributed by atoms with Crippen LogP contribution in [0.2, 0.25) is 0 Å². The Balaban J connectivity index is 1.45. The highest BCUT2D eigenvalue weighted by atomic mass is 32.1. The molecule has 0 radical (unpaired) electrons. The van der Waals surface area contributed by atoms with Crippen molar-refractivity contribution in [3.05, 3.63) is 47.5 Å². The first-order valence-electron chi connectivity index (χ1n) is 6.40. The Morgan fingerprint density at radius 2 is 2.10 bits per heavy atom. The number of hydrogen-bond donors (Lipinski definition) is 0. The van der Waals surface area contributed by atoms with Gasteiger partial charge in [0.15, 0.2) is 17.3 Å². The van der Waals surface area contributed by atoms with E-state index in [2.05, 4.69) is 5.16 Å². The lowest BCUT2D eigenvalue weighted by atomic mass is 10.3. The van der Waals surface area contributed by atoms with Gasteiger partial charge in [-0.1, -0.05) is 11.2 Å². The summed E-state index contributed by atoms with van der Waals surface area (Å²) in [5.41, 5.74) is 0.746. The number of nitrogens with zero attached hydrogens (tertiary/aromatic N) is 1. The van der Waals surface area contributed by atoms with Crippen molar-refractivity contribution < 1.29 is 18.7 Å². The minimum atomic E-state index is 0.256. The van der Waals surface area contributed by atoms with Gasteiger partial charge >= 0.3 is 0 Å². The second-order valence-electron chi connectivity index (χ2n) is 4.46. The van der Waals surface area contributed by atoms with Crippen LogP contribution in [0.4, 0.5) is 0 Å². The molecule has 106 valence electrons. The van der Waals surface area contributed by atoms with Crippen LogP contribution in [-0.2, 0) is 6.61 Å². The van der Waals surface area contributed by atoms with E-state index in [9.17, 15) is 0 Å². The average Bonchev–Trinajstić information content (AvgIpc) is 3.24. The van der Waals surface area contributed by atoms with Gasteiger partial charge in [0.2, 0.25) is 6.79 Å². The molecule has 5 nitrogen and oxygen atoms in total. The Morgan fingerprint density at radius 1 is 1.14 bits per heavy atom. The van der Waals surface area contributed by atoms with E-state index in [1.54, 1.807) is 11.3 Å². The lowest BCUT2D eigenvalue weighted by Gasteiger charge is -2.04.